The smallest absolute Gasteiger partial charge is 0.306 e. The van der Waals surface area contributed by atoms with Crippen LogP contribution >= 0.6 is 0 Å². The summed E-state index contributed by atoms with van der Waals surface area (Å²) < 4.78 is 0. The Morgan fingerprint density at radius 3 is 1.78 bits per heavy atom. The summed E-state index contributed by atoms with van der Waals surface area (Å²) in [7, 11) is 0. The molecular formula is C19H37NO3. The Hall–Kier alpha value is -1.06. The van der Waals surface area contributed by atoms with E-state index in [1.807, 2.05) is 0 Å². The molecule has 1 unspecified atom stereocenters. The number of nitrogens with one attached hydrogen (secondary N) is 1. The van der Waals surface area contributed by atoms with E-state index in [0.717, 1.165) is 38.5 Å². The van der Waals surface area contributed by atoms with Gasteiger partial charge < -0.3 is 10.4 Å². The zero-order valence-corrected chi connectivity index (χ0v) is 15.2. The molecule has 0 aliphatic rings. The molecule has 0 saturated carbocycles. The van der Waals surface area contributed by atoms with Crippen LogP contribution < -0.4 is 5.32 Å². The van der Waals surface area contributed by atoms with E-state index in [9.17, 15) is 14.7 Å². The fourth-order valence-corrected chi connectivity index (χ4v) is 2.87. The van der Waals surface area contributed by atoms with Gasteiger partial charge in [-0.2, -0.15) is 0 Å². The molecule has 4 heteroatoms. The van der Waals surface area contributed by atoms with Crippen molar-refractivity contribution in [3.63, 3.8) is 0 Å². The summed E-state index contributed by atoms with van der Waals surface area (Å²) >= 11 is 0. The maximum atomic E-state index is 11.3. The number of carbonyl (C=O) groups is 2. The third-order valence-electron chi connectivity index (χ3n) is 4.36. The van der Waals surface area contributed by atoms with E-state index in [4.69, 9.17) is 0 Å². The summed E-state index contributed by atoms with van der Waals surface area (Å²) in [6.45, 7) is 4.39. The first-order valence-corrected chi connectivity index (χ1v) is 9.55. The minimum absolute atomic E-state index is 0.0190. The Balaban J connectivity index is 3.53. The lowest BCUT2D eigenvalue weighted by atomic mass is 9.95. The van der Waals surface area contributed by atoms with Gasteiger partial charge in [0.2, 0.25) is 5.91 Å². The van der Waals surface area contributed by atoms with Crippen LogP contribution in [0.2, 0.25) is 0 Å². The molecule has 0 fully saturated rings. The molecule has 4 nitrogen and oxygen atoms in total. The SMILES string of the molecule is CCCCCCCCCCCC(CCCCNC(C)=O)C(=O)O. The first kappa shape index (κ1) is 21.9. The lowest BCUT2D eigenvalue weighted by Crippen LogP contribution is -2.21. The van der Waals surface area contributed by atoms with Crippen LogP contribution in [0.5, 0.6) is 0 Å². The molecule has 0 spiro atoms. The van der Waals surface area contributed by atoms with Crippen LogP contribution in [0.3, 0.4) is 0 Å². The maximum Gasteiger partial charge on any atom is 0.306 e. The summed E-state index contributed by atoms with van der Waals surface area (Å²) in [6, 6.07) is 0. The van der Waals surface area contributed by atoms with Crippen LogP contribution in [-0.4, -0.2) is 23.5 Å². The van der Waals surface area contributed by atoms with Crippen molar-refractivity contribution < 1.29 is 14.7 Å². The molecule has 0 aliphatic heterocycles. The molecular weight excluding hydrogens is 290 g/mol. The molecule has 23 heavy (non-hydrogen) atoms. The van der Waals surface area contributed by atoms with Crippen molar-refractivity contribution in [2.75, 3.05) is 6.54 Å². The van der Waals surface area contributed by atoms with E-state index >= 15 is 0 Å². The van der Waals surface area contributed by atoms with E-state index < -0.39 is 5.97 Å². The van der Waals surface area contributed by atoms with E-state index in [-0.39, 0.29) is 11.8 Å². The molecule has 0 aromatic carbocycles. The van der Waals surface area contributed by atoms with Crippen molar-refractivity contribution >= 4 is 11.9 Å². The van der Waals surface area contributed by atoms with Gasteiger partial charge in [-0.1, -0.05) is 71.1 Å². The number of amides is 1. The second-order valence-electron chi connectivity index (χ2n) is 6.63. The number of aliphatic carboxylic acids is 1. The summed E-state index contributed by atoms with van der Waals surface area (Å²) in [5.41, 5.74) is 0. The number of carbonyl (C=O) groups excluding carboxylic acids is 1. The molecule has 0 rings (SSSR count). The Labute approximate surface area is 142 Å². The van der Waals surface area contributed by atoms with E-state index in [0.29, 0.717) is 6.54 Å². The number of hydrogen-bond donors (Lipinski definition) is 2. The van der Waals surface area contributed by atoms with Gasteiger partial charge in [0, 0.05) is 13.5 Å². The van der Waals surface area contributed by atoms with E-state index in [1.165, 1.54) is 51.9 Å². The molecule has 0 aliphatic carbocycles. The fourth-order valence-electron chi connectivity index (χ4n) is 2.87. The maximum absolute atomic E-state index is 11.3. The minimum atomic E-state index is -0.663. The lowest BCUT2D eigenvalue weighted by molar-refractivity contribution is -0.142. The number of rotatable bonds is 16. The first-order valence-electron chi connectivity index (χ1n) is 9.55. The second kappa shape index (κ2) is 15.8. The number of carboxylic acid groups (broad SMARTS) is 1. The van der Waals surface area contributed by atoms with Gasteiger partial charge in [-0.05, 0) is 19.3 Å². The monoisotopic (exact) mass is 327 g/mol. The van der Waals surface area contributed by atoms with Gasteiger partial charge in [-0.15, -0.1) is 0 Å². The third kappa shape index (κ3) is 15.6. The van der Waals surface area contributed by atoms with Gasteiger partial charge in [0.05, 0.1) is 5.92 Å². The summed E-state index contributed by atoms with van der Waals surface area (Å²) in [5, 5.41) is 12.0. The van der Waals surface area contributed by atoms with E-state index in [2.05, 4.69) is 12.2 Å². The molecule has 1 amide bonds. The molecule has 0 aromatic rings. The Bertz CT molecular complexity index is 305. The van der Waals surface area contributed by atoms with Crippen LogP contribution in [-0.2, 0) is 9.59 Å². The minimum Gasteiger partial charge on any atom is -0.481 e. The predicted molar refractivity (Wildman–Crippen MR) is 95.5 cm³/mol. The number of carboxylic acids is 1. The standard InChI is InChI=1S/C19H37NO3/c1-3-4-5-6-7-8-9-10-11-14-18(19(22)23)15-12-13-16-20-17(2)21/h18H,3-16H2,1-2H3,(H,20,21)(H,22,23). The number of unbranched alkanes of at least 4 members (excludes halogenated alkanes) is 9. The third-order valence-corrected chi connectivity index (χ3v) is 4.36. The lowest BCUT2D eigenvalue weighted by Gasteiger charge is -2.12. The van der Waals surface area contributed by atoms with Gasteiger partial charge in [0.1, 0.15) is 0 Å². The summed E-state index contributed by atoms with van der Waals surface area (Å²) in [5.74, 6) is -0.893. The average molecular weight is 328 g/mol. The summed E-state index contributed by atoms with van der Waals surface area (Å²) in [6.07, 6.45) is 14.6. The van der Waals surface area contributed by atoms with Crippen molar-refractivity contribution in [1.29, 1.82) is 0 Å². The molecule has 0 radical (unpaired) electrons. The van der Waals surface area contributed by atoms with Crippen LogP contribution in [0.4, 0.5) is 0 Å². The highest BCUT2D eigenvalue weighted by Gasteiger charge is 2.16. The van der Waals surface area contributed by atoms with E-state index in [1.54, 1.807) is 0 Å². The Kier molecular flexibility index (Phi) is 15.1. The Morgan fingerprint density at radius 2 is 1.30 bits per heavy atom. The van der Waals surface area contributed by atoms with Gasteiger partial charge in [-0.25, -0.2) is 0 Å². The largest absolute Gasteiger partial charge is 0.481 e. The van der Waals surface area contributed by atoms with Crippen LogP contribution in [0, 0.1) is 5.92 Å². The molecule has 2 N–H and O–H groups in total. The highest BCUT2D eigenvalue weighted by atomic mass is 16.4. The Morgan fingerprint density at radius 1 is 0.826 bits per heavy atom. The van der Waals surface area contributed by atoms with Gasteiger partial charge in [0.25, 0.3) is 0 Å². The topological polar surface area (TPSA) is 66.4 Å². The molecule has 0 heterocycles. The van der Waals surface area contributed by atoms with Crippen molar-refractivity contribution in [3.05, 3.63) is 0 Å². The van der Waals surface area contributed by atoms with Gasteiger partial charge >= 0.3 is 5.97 Å². The van der Waals surface area contributed by atoms with Crippen LogP contribution in [0.25, 0.3) is 0 Å². The predicted octanol–water partition coefficient (Wildman–Crippen LogP) is 4.91. The molecule has 0 aromatic heterocycles. The van der Waals surface area contributed by atoms with Crippen LogP contribution in [0.1, 0.15) is 97.3 Å². The van der Waals surface area contributed by atoms with Crippen LogP contribution in [0.15, 0.2) is 0 Å². The highest BCUT2D eigenvalue weighted by molar-refractivity contribution is 5.72. The first-order chi connectivity index (χ1) is 11.1. The molecule has 1 atom stereocenters. The zero-order chi connectivity index (χ0) is 17.3. The second-order valence-corrected chi connectivity index (χ2v) is 6.63. The fraction of sp³-hybridized carbons (Fsp3) is 0.895. The van der Waals surface area contributed by atoms with Gasteiger partial charge in [0.15, 0.2) is 0 Å². The van der Waals surface area contributed by atoms with Crippen molar-refractivity contribution in [1.82, 2.24) is 5.32 Å². The zero-order valence-electron chi connectivity index (χ0n) is 15.2. The average Bonchev–Trinajstić information content (AvgIpc) is 2.50. The van der Waals surface area contributed by atoms with Crippen molar-refractivity contribution in [2.24, 2.45) is 5.92 Å². The number of hydrogen-bond acceptors (Lipinski definition) is 2. The molecule has 0 saturated heterocycles. The van der Waals surface area contributed by atoms with Crippen molar-refractivity contribution in [3.8, 4) is 0 Å². The normalized spacial score (nSPS) is 12.1. The molecule has 0 bridgehead atoms. The quantitative estimate of drug-likeness (QED) is 0.396. The van der Waals surface area contributed by atoms with Crippen molar-refractivity contribution in [2.45, 2.75) is 97.3 Å². The van der Waals surface area contributed by atoms with Gasteiger partial charge in [-0.3, -0.25) is 9.59 Å². The molecule has 136 valence electrons. The summed E-state index contributed by atoms with van der Waals surface area (Å²) in [4.78, 5) is 22.0. The highest BCUT2D eigenvalue weighted by Crippen LogP contribution is 2.18.